The maximum Gasteiger partial charge on any atom is 0.347 e. The van der Waals surface area contributed by atoms with E-state index in [2.05, 4.69) is 6.58 Å². The van der Waals surface area contributed by atoms with Crippen molar-refractivity contribution >= 4 is 16.9 Å². The van der Waals surface area contributed by atoms with Gasteiger partial charge in [-0.05, 0) is 12.5 Å². The van der Waals surface area contributed by atoms with Crippen LogP contribution in [0.1, 0.15) is 23.7 Å². The molecule has 0 radical (unpaired) electrons. The second kappa shape index (κ2) is 7.74. The highest BCUT2D eigenvalue weighted by molar-refractivity contribution is 6.00. The van der Waals surface area contributed by atoms with Crippen molar-refractivity contribution in [1.29, 1.82) is 0 Å². The fraction of sp³-hybridized carbons (Fsp3) is 0.333. The molecule has 0 spiro atoms. The zero-order valence-electron chi connectivity index (χ0n) is 14.5. The first-order valence-corrected chi connectivity index (χ1v) is 7.79. The average molecular weight is 347 g/mol. The van der Waals surface area contributed by atoms with Gasteiger partial charge in [0.05, 0.1) is 19.7 Å². The van der Waals surface area contributed by atoms with Crippen LogP contribution in [0.25, 0.3) is 10.9 Å². The van der Waals surface area contributed by atoms with Crippen LogP contribution in [0.3, 0.4) is 0 Å². The molecule has 0 unspecified atom stereocenters. The van der Waals surface area contributed by atoms with Gasteiger partial charge in [0.2, 0.25) is 0 Å². The molecule has 7 heteroatoms. The van der Waals surface area contributed by atoms with Crippen molar-refractivity contribution in [3.63, 3.8) is 0 Å². The number of carbonyl (C=O) groups is 1. The van der Waals surface area contributed by atoms with Crippen LogP contribution in [0.15, 0.2) is 29.6 Å². The van der Waals surface area contributed by atoms with Gasteiger partial charge in [-0.3, -0.25) is 4.79 Å². The summed E-state index contributed by atoms with van der Waals surface area (Å²) in [5.74, 6) is -0.552. The Morgan fingerprint density at radius 1 is 1.28 bits per heavy atom. The summed E-state index contributed by atoms with van der Waals surface area (Å²) in [5, 5.41) is 10.8. The summed E-state index contributed by atoms with van der Waals surface area (Å²) in [6.45, 7) is 5.67. The average Bonchev–Trinajstić information content (AvgIpc) is 2.62. The molecule has 0 bridgehead atoms. The predicted molar refractivity (Wildman–Crippen MR) is 93.7 cm³/mol. The third-order valence-corrected chi connectivity index (χ3v) is 3.73. The molecule has 134 valence electrons. The highest BCUT2D eigenvalue weighted by Crippen LogP contribution is 2.36. The minimum atomic E-state index is -0.899. The maximum absolute atomic E-state index is 12.8. The molecule has 0 saturated carbocycles. The van der Waals surface area contributed by atoms with E-state index in [9.17, 15) is 14.7 Å². The molecule has 7 nitrogen and oxygen atoms in total. The number of nitrogens with zero attached hydrogens (tertiary/aromatic N) is 1. The van der Waals surface area contributed by atoms with Crippen molar-refractivity contribution in [3.05, 3.63) is 40.7 Å². The van der Waals surface area contributed by atoms with Crippen LogP contribution in [0.5, 0.6) is 17.2 Å². The molecule has 0 aliphatic heterocycles. The van der Waals surface area contributed by atoms with E-state index in [1.807, 2.05) is 6.92 Å². The van der Waals surface area contributed by atoms with Gasteiger partial charge in [0.1, 0.15) is 12.4 Å². The van der Waals surface area contributed by atoms with E-state index >= 15 is 0 Å². The smallest absolute Gasteiger partial charge is 0.347 e. The third kappa shape index (κ3) is 3.31. The predicted octanol–water partition coefficient (Wildman–Crippen LogP) is 2.48. The Hall–Kier alpha value is -2.96. The number of aromatic hydroxyl groups is 1. The lowest BCUT2D eigenvalue weighted by molar-refractivity contribution is 0.0544. The zero-order chi connectivity index (χ0) is 18.6. The number of hydrogen-bond donors (Lipinski definition) is 1. The summed E-state index contributed by atoms with van der Waals surface area (Å²) in [4.78, 5) is 25.0. The van der Waals surface area contributed by atoms with E-state index in [1.165, 1.54) is 30.9 Å². The number of esters is 1. The number of ether oxygens (including phenoxy) is 3. The van der Waals surface area contributed by atoms with Crippen molar-refractivity contribution in [2.24, 2.45) is 0 Å². The number of carbonyl (C=O) groups excluding carboxylic acids is 1. The molecule has 1 aromatic carbocycles. The Morgan fingerprint density at radius 2 is 1.92 bits per heavy atom. The van der Waals surface area contributed by atoms with Gasteiger partial charge in [-0.1, -0.05) is 19.6 Å². The lowest BCUT2D eigenvalue weighted by Crippen LogP contribution is -2.28. The maximum atomic E-state index is 12.8. The minimum absolute atomic E-state index is 0.0601. The fourth-order valence-electron chi connectivity index (χ4n) is 2.60. The Balaban J connectivity index is 2.85. The monoisotopic (exact) mass is 347 g/mol. The van der Waals surface area contributed by atoms with Crippen molar-refractivity contribution < 1.29 is 24.1 Å². The van der Waals surface area contributed by atoms with Crippen molar-refractivity contribution in [2.45, 2.75) is 19.9 Å². The van der Waals surface area contributed by atoms with E-state index < -0.39 is 22.8 Å². The molecular formula is C18H21NO6. The van der Waals surface area contributed by atoms with Crippen LogP contribution in [-0.4, -0.2) is 36.5 Å². The number of pyridine rings is 1. The molecule has 0 saturated heterocycles. The molecule has 2 rings (SSSR count). The molecule has 1 aromatic heterocycles. The largest absolute Gasteiger partial charge is 0.506 e. The molecule has 1 heterocycles. The SMILES string of the molecule is C=CCOC(=O)c1c(O)c2cc(OC)c(OC)cc2n(CCC)c1=O. The summed E-state index contributed by atoms with van der Waals surface area (Å²) >= 11 is 0. The lowest BCUT2D eigenvalue weighted by atomic mass is 10.1. The second-order valence-electron chi connectivity index (χ2n) is 5.29. The summed E-state index contributed by atoms with van der Waals surface area (Å²) in [6.07, 6.45) is 2.05. The van der Waals surface area contributed by atoms with Crippen LogP contribution in [0.4, 0.5) is 0 Å². The van der Waals surface area contributed by atoms with Gasteiger partial charge in [-0.25, -0.2) is 4.79 Å². The van der Waals surface area contributed by atoms with Crippen molar-refractivity contribution in [3.8, 4) is 17.2 Å². The summed E-state index contributed by atoms with van der Waals surface area (Å²) < 4.78 is 16.9. The number of benzene rings is 1. The van der Waals surface area contributed by atoms with E-state index in [4.69, 9.17) is 14.2 Å². The standard InChI is InChI=1S/C18H21NO6/c1-5-7-19-12-10-14(24-4)13(23-3)9-11(12)16(20)15(17(19)21)18(22)25-8-6-2/h6,9-10,20H,2,5,7-8H2,1,3-4H3. The Bertz CT molecular complexity index is 868. The van der Waals surface area contributed by atoms with Crippen LogP contribution in [-0.2, 0) is 11.3 Å². The molecule has 0 aliphatic rings. The van der Waals surface area contributed by atoms with Crippen LogP contribution in [0, 0.1) is 0 Å². The normalized spacial score (nSPS) is 10.5. The van der Waals surface area contributed by atoms with Gasteiger partial charge in [0, 0.05) is 18.0 Å². The highest BCUT2D eigenvalue weighted by atomic mass is 16.5. The number of fused-ring (bicyclic) bond motifs is 1. The molecule has 0 amide bonds. The van der Waals surface area contributed by atoms with Gasteiger partial charge in [0.15, 0.2) is 17.1 Å². The van der Waals surface area contributed by atoms with Crippen molar-refractivity contribution in [2.75, 3.05) is 20.8 Å². The number of aromatic nitrogens is 1. The van der Waals surface area contributed by atoms with Gasteiger partial charge in [-0.15, -0.1) is 0 Å². The van der Waals surface area contributed by atoms with Gasteiger partial charge in [-0.2, -0.15) is 0 Å². The topological polar surface area (TPSA) is 87.0 Å². The van der Waals surface area contributed by atoms with Gasteiger partial charge in [0.25, 0.3) is 5.56 Å². The molecule has 1 N–H and O–H groups in total. The zero-order valence-corrected chi connectivity index (χ0v) is 14.5. The fourth-order valence-corrected chi connectivity index (χ4v) is 2.60. The molecule has 0 aliphatic carbocycles. The Labute approximate surface area is 145 Å². The summed E-state index contributed by atoms with van der Waals surface area (Å²) in [6, 6.07) is 3.13. The highest BCUT2D eigenvalue weighted by Gasteiger charge is 2.24. The molecule has 2 aromatic rings. The summed E-state index contributed by atoms with van der Waals surface area (Å²) in [5.41, 5.74) is -0.578. The number of aryl methyl sites for hydroxylation is 1. The molecular weight excluding hydrogens is 326 g/mol. The van der Waals surface area contributed by atoms with Crippen LogP contribution < -0.4 is 15.0 Å². The Morgan fingerprint density at radius 3 is 2.48 bits per heavy atom. The minimum Gasteiger partial charge on any atom is -0.506 e. The van der Waals surface area contributed by atoms with Crippen molar-refractivity contribution in [1.82, 2.24) is 4.57 Å². The first kappa shape index (κ1) is 18.4. The number of rotatable bonds is 7. The molecule has 0 atom stereocenters. The van der Waals surface area contributed by atoms with Gasteiger partial charge >= 0.3 is 5.97 Å². The van der Waals surface area contributed by atoms with Crippen LogP contribution >= 0.6 is 0 Å². The summed E-state index contributed by atoms with van der Waals surface area (Å²) in [7, 11) is 2.94. The number of methoxy groups -OCH3 is 2. The first-order chi connectivity index (χ1) is 12.0. The molecule has 25 heavy (non-hydrogen) atoms. The Kier molecular flexibility index (Phi) is 5.69. The molecule has 0 fully saturated rings. The van der Waals surface area contributed by atoms with E-state index in [-0.39, 0.29) is 6.61 Å². The van der Waals surface area contributed by atoms with E-state index in [0.717, 1.165) is 0 Å². The second-order valence-corrected chi connectivity index (χ2v) is 5.29. The lowest BCUT2D eigenvalue weighted by Gasteiger charge is -2.16. The first-order valence-electron chi connectivity index (χ1n) is 7.79. The number of hydrogen-bond acceptors (Lipinski definition) is 6. The van der Waals surface area contributed by atoms with E-state index in [1.54, 1.807) is 6.07 Å². The van der Waals surface area contributed by atoms with Gasteiger partial charge < -0.3 is 23.9 Å². The van der Waals surface area contributed by atoms with Crippen LogP contribution in [0.2, 0.25) is 0 Å². The quantitative estimate of drug-likeness (QED) is 0.612. The third-order valence-electron chi connectivity index (χ3n) is 3.73. The van der Waals surface area contributed by atoms with E-state index in [0.29, 0.717) is 35.4 Å².